The van der Waals surface area contributed by atoms with Gasteiger partial charge in [-0.25, -0.2) is 0 Å². The van der Waals surface area contributed by atoms with Crippen LogP contribution in [0.3, 0.4) is 0 Å². The minimum Gasteiger partial charge on any atom is -0.399 e. The quantitative estimate of drug-likeness (QED) is 0.625. The third-order valence-corrected chi connectivity index (χ3v) is 2.89. The highest BCUT2D eigenvalue weighted by Gasteiger charge is 2.19. The summed E-state index contributed by atoms with van der Waals surface area (Å²) < 4.78 is 0. The molecule has 18 heavy (non-hydrogen) atoms. The fourth-order valence-electron chi connectivity index (χ4n) is 2.04. The van der Waals surface area contributed by atoms with E-state index < -0.39 is 5.91 Å². The third kappa shape index (κ3) is 2.53. The second kappa shape index (κ2) is 4.95. The Balaban J connectivity index is 2.36. The average molecular weight is 248 g/mol. The smallest absolute Gasteiger partial charge is 0.250 e. The van der Waals surface area contributed by atoms with Crippen molar-refractivity contribution in [3.05, 3.63) is 23.8 Å². The van der Waals surface area contributed by atoms with Crippen LogP contribution in [0.5, 0.6) is 0 Å². The monoisotopic (exact) mass is 248 g/mol. The van der Waals surface area contributed by atoms with Gasteiger partial charge >= 0.3 is 0 Å². The van der Waals surface area contributed by atoms with Gasteiger partial charge in [-0.05, 0) is 24.6 Å². The Labute approximate surface area is 105 Å². The SMILES string of the molecule is NC(=O)c1cc(N)ccc1N1CCCNC(=O)C1. The number of nitrogens with one attached hydrogen (secondary N) is 1. The molecule has 1 aliphatic heterocycles. The molecule has 0 aromatic heterocycles. The molecule has 1 saturated heterocycles. The summed E-state index contributed by atoms with van der Waals surface area (Å²) in [5, 5.41) is 2.78. The van der Waals surface area contributed by atoms with Gasteiger partial charge in [-0.2, -0.15) is 0 Å². The lowest BCUT2D eigenvalue weighted by molar-refractivity contribution is -0.119. The number of anilines is 2. The Morgan fingerprint density at radius 3 is 2.89 bits per heavy atom. The fourth-order valence-corrected chi connectivity index (χ4v) is 2.04. The van der Waals surface area contributed by atoms with E-state index in [2.05, 4.69) is 5.32 Å². The zero-order valence-electron chi connectivity index (χ0n) is 9.98. The van der Waals surface area contributed by atoms with E-state index in [-0.39, 0.29) is 12.5 Å². The number of nitrogens with two attached hydrogens (primary N) is 2. The van der Waals surface area contributed by atoms with Crippen LogP contribution < -0.4 is 21.7 Å². The van der Waals surface area contributed by atoms with Gasteiger partial charge in [0, 0.05) is 18.8 Å². The molecule has 2 amide bonds. The Kier molecular flexibility index (Phi) is 3.36. The van der Waals surface area contributed by atoms with E-state index in [1.807, 2.05) is 4.90 Å². The first-order chi connectivity index (χ1) is 8.58. The summed E-state index contributed by atoms with van der Waals surface area (Å²) in [7, 11) is 0. The van der Waals surface area contributed by atoms with Gasteiger partial charge in [-0.3, -0.25) is 9.59 Å². The molecule has 2 rings (SSSR count). The molecule has 1 fully saturated rings. The summed E-state index contributed by atoms with van der Waals surface area (Å²) >= 11 is 0. The number of primary amides is 1. The standard InChI is InChI=1S/C12H16N4O2/c13-8-2-3-10(9(6-8)12(14)18)16-5-1-4-15-11(17)7-16/h2-3,6H,1,4-5,7,13H2,(H2,14,18)(H,15,17). The molecule has 5 N–H and O–H groups in total. The van der Waals surface area contributed by atoms with E-state index in [0.29, 0.717) is 30.0 Å². The van der Waals surface area contributed by atoms with Crippen molar-refractivity contribution < 1.29 is 9.59 Å². The molecule has 1 aliphatic rings. The van der Waals surface area contributed by atoms with Crippen molar-refractivity contribution >= 4 is 23.2 Å². The zero-order valence-corrected chi connectivity index (χ0v) is 9.98. The van der Waals surface area contributed by atoms with Gasteiger partial charge in [0.15, 0.2) is 0 Å². The van der Waals surface area contributed by atoms with E-state index in [1.165, 1.54) is 0 Å². The summed E-state index contributed by atoms with van der Waals surface area (Å²) in [4.78, 5) is 24.8. The topological polar surface area (TPSA) is 101 Å². The molecule has 0 bridgehead atoms. The van der Waals surface area contributed by atoms with Crippen LogP contribution in [0.1, 0.15) is 16.8 Å². The summed E-state index contributed by atoms with van der Waals surface area (Å²) in [6, 6.07) is 4.97. The maximum absolute atomic E-state index is 11.5. The molecule has 0 aliphatic carbocycles. The van der Waals surface area contributed by atoms with E-state index in [1.54, 1.807) is 18.2 Å². The van der Waals surface area contributed by atoms with Crippen molar-refractivity contribution in [2.75, 3.05) is 30.3 Å². The molecular formula is C12H16N4O2. The van der Waals surface area contributed by atoms with Crippen LogP contribution >= 0.6 is 0 Å². The molecule has 6 heteroatoms. The summed E-state index contributed by atoms with van der Waals surface area (Å²) in [6.45, 7) is 1.57. The van der Waals surface area contributed by atoms with E-state index in [0.717, 1.165) is 6.42 Å². The molecule has 1 aromatic carbocycles. The Morgan fingerprint density at radius 2 is 2.17 bits per heavy atom. The molecule has 0 spiro atoms. The van der Waals surface area contributed by atoms with Gasteiger partial charge in [0.2, 0.25) is 5.91 Å². The van der Waals surface area contributed by atoms with Crippen molar-refractivity contribution in [3.8, 4) is 0 Å². The minimum atomic E-state index is -0.540. The third-order valence-electron chi connectivity index (χ3n) is 2.89. The lowest BCUT2D eigenvalue weighted by Gasteiger charge is -2.23. The second-order valence-electron chi connectivity index (χ2n) is 4.27. The minimum absolute atomic E-state index is 0.0558. The molecule has 96 valence electrons. The number of amides is 2. The highest BCUT2D eigenvalue weighted by Crippen LogP contribution is 2.23. The van der Waals surface area contributed by atoms with Crippen molar-refractivity contribution in [2.24, 2.45) is 5.73 Å². The Bertz CT molecular complexity index is 487. The first kappa shape index (κ1) is 12.2. The highest BCUT2D eigenvalue weighted by atomic mass is 16.2. The molecule has 0 atom stereocenters. The lowest BCUT2D eigenvalue weighted by atomic mass is 10.1. The van der Waals surface area contributed by atoms with Crippen molar-refractivity contribution in [3.63, 3.8) is 0 Å². The van der Waals surface area contributed by atoms with Crippen molar-refractivity contribution in [1.82, 2.24) is 5.32 Å². The molecule has 1 heterocycles. The van der Waals surface area contributed by atoms with Gasteiger partial charge in [-0.15, -0.1) is 0 Å². The highest BCUT2D eigenvalue weighted by molar-refractivity contribution is 6.00. The maximum atomic E-state index is 11.5. The number of benzene rings is 1. The number of hydrogen-bond acceptors (Lipinski definition) is 4. The van der Waals surface area contributed by atoms with Crippen molar-refractivity contribution in [2.45, 2.75) is 6.42 Å². The molecule has 0 saturated carbocycles. The molecule has 0 unspecified atom stereocenters. The largest absolute Gasteiger partial charge is 0.399 e. The number of carbonyl (C=O) groups excluding carboxylic acids is 2. The van der Waals surface area contributed by atoms with Gasteiger partial charge in [-0.1, -0.05) is 0 Å². The number of hydrogen-bond donors (Lipinski definition) is 3. The number of nitrogens with zero attached hydrogens (tertiary/aromatic N) is 1. The zero-order chi connectivity index (χ0) is 13.1. The van der Waals surface area contributed by atoms with E-state index in [4.69, 9.17) is 11.5 Å². The Morgan fingerprint density at radius 1 is 1.39 bits per heavy atom. The summed E-state index contributed by atoms with van der Waals surface area (Å²) in [6.07, 6.45) is 0.828. The van der Waals surface area contributed by atoms with Crippen LogP contribution in [-0.2, 0) is 4.79 Å². The molecule has 1 aromatic rings. The van der Waals surface area contributed by atoms with Gasteiger partial charge in [0.1, 0.15) is 0 Å². The second-order valence-corrected chi connectivity index (χ2v) is 4.27. The normalized spacial score (nSPS) is 16.0. The van der Waals surface area contributed by atoms with Gasteiger partial charge in [0.05, 0.1) is 17.8 Å². The summed E-state index contributed by atoms with van der Waals surface area (Å²) in [5.41, 5.74) is 12.5. The predicted molar refractivity (Wildman–Crippen MR) is 69.2 cm³/mol. The number of rotatable bonds is 2. The Hall–Kier alpha value is -2.24. The van der Waals surface area contributed by atoms with Gasteiger partial charge in [0.25, 0.3) is 5.91 Å². The van der Waals surface area contributed by atoms with E-state index >= 15 is 0 Å². The van der Waals surface area contributed by atoms with Crippen LogP contribution in [0.4, 0.5) is 11.4 Å². The van der Waals surface area contributed by atoms with Crippen LogP contribution in [0.25, 0.3) is 0 Å². The molecular weight excluding hydrogens is 232 g/mol. The molecule has 0 radical (unpaired) electrons. The molecule has 6 nitrogen and oxygen atoms in total. The van der Waals surface area contributed by atoms with Crippen LogP contribution in [0.15, 0.2) is 18.2 Å². The van der Waals surface area contributed by atoms with Crippen LogP contribution in [0, 0.1) is 0 Å². The number of carbonyl (C=O) groups is 2. The lowest BCUT2D eigenvalue weighted by Crippen LogP contribution is -2.34. The van der Waals surface area contributed by atoms with Gasteiger partial charge < -0.3 is 21.7 Å². The number of nitrogen functional groups attached to an aromatic ring is 1. The van der Waals surface area contributed by atoms with Crippen LogP contribution in [-0.4, -0.2) is 31.4 Å². The van der Waals surface area contributed by atoms with Crippen LogP contribution in [0.2, 0.25) is 0 Å². The average Bonchev–Trinajstić information content (AvgIpc) is 2.53. The maximum Gasteiger partial charge on any atom is 0.250 e. The summed E-state index contributed by atoms with van der Waals surface area (Å²) in [5.74, 6) is -0.596. The van der Waals surface area contributed by atoms with E-state index in [9.17, 15) is 9.59 Å². The fraction of sp³-hybridized carbons (Fsp3) is 0.333. The van der Waals surface area contributed by atoms with Crippen molar-refractivity contribution in [1.29, 1.82) is 0 Å². The first-order valence-corrected chi connectivity index (χ1v) is 5.79. The first-order valence-electron chi connectivity index (χ1n) is 5.79. The predicted octanol–water partition coefficient (Wildman–Crippen LogP) is -0.306.